The van der Waals surface area contributed by atoms with Crippen LogP contribution in [0.15, 0.2) is 18.3 Å². The topological polar surface area (TPSA) is 84.9 Å². The zero-order valence-corrected chi connectivity index (χ0v) is 5.53. The van der Waals surface area contributed by atoms with Crippen LogP contribution >= 0.6 is 0 Å². The molecule has 1 rings (SSSR count). The van der Waals surface area contributed by atoms with Crippen molar-refractivity contribution in [3.63, 3.8) is 0 Å². The number of nitrogens with zero attached hydrogens (tertiary/aromatic N) is 1. The van der Waals surface area contributed by atoms with E-state index in [0.717, 1.165) is 0 Å². The molecular weight excluding hydrogens is 152 g/mol. The van der Waals surface area contributed by atoms with Crippen LogP contribution in [-0.2, 0) is 0 Å². The highest BCUT2D eigenvalue weighted by atomic mass is 19.1. The van der Waals surface area contributed by atoms with Gasteiger partial charge in [0.25, 0.3) is 0 Å². The standard InChI is InChI=1S/C5H5BFNO2.H2O/c7-5-4(6(9)10)2-1-3-8-5;/h1-3,9-10H;1H2. The molecule has 0 bridgehead atoms. The zero-order valence-electron chi connectivity index (χ0n) is 5.53. The minimum Gasteiger partial charge on any atom is -0.423 e. The van der Waals surface area contributed by atoms with E-state index in [1.165, 1.54) is 18.3 Å². The van der Waals surface area contributed by atoms with Crippen molar-refractivity contribution < 1.29 is 19.9 Å². The minimum absolute atomic E-state index is 0. The van der Waals surface area contributed by atoms with Gasteiger partial charge in [0.2, 0.25) is 5.95 Å². The first-order valence-electron chi connectivity index (χ1n) is 2.68. The van der Waals surface area contributed by atoms with Crippen molar-refractivity contribution in [1.82, 2.24) is 4.98 Å². The highest BCUT2D eigenvalue weighted by Crippen LogP contribution is 1.87. The second-order valence-electron chi connectivity index (χ2n) is 1.76. The van der Waals surface area contributed by atoms with Gasteiger partial charge in [-0.1, -0.05) is 6.07 Å². The minimum atomic E-state index is -1.78. The summed E-state index contributed by atoms with van der Waals surface area (Å²) in [4.78, 5) is 3.21. The van der Waals surface area contributed by atoms with Gasteiger partial charge in [-0.05, 0) is 6.07 Å². The lowest BCUT2D eigenvalue weighted by Crippen LogP contribution is -2.33. The second-order valence-corrected chi connectivity index (χ2v) is 1.76. The van der Waals surface area contributed by atoms with Gasteiger partial charge >= 0.3 is 7.12 Å². The number of hydrogen-bond acceptors (Lipinski definition) is 3. The van der Waals surface area contributed by atoms with E-state index in [-0.39, 0.29) is 10.9 Å². The van der Waals surface area contributed by atoms with E-state index in [2.05, 4.69) is 4.98 Å². The molecule has 6 heteroatoms. The molecule has 1 aromatic rings. The van der Waals surface area contributed by atoms with Crippen LogP contribution in [0, 0.1) is 5.95 Å². The molecular formula is C5H7BFNO3. The lowest BCUT2D eigenvalue weighted by molar-refractivity contribution is 0.422. The van der Waals surface area contributed by atoms with Crippen LogP contribution in [0.3, 0.4) is 0 Å². The first-order valence-corrected chi connectivity index (χ1v) is 2.68. The molecule has 1 aromatic heterocycles. The molecule has 0 aromatic carbocycles. The van der Waals surface area contributed by atoms with E-state index in [0.29, 0.717) is 0 Å². The van der Waals surface area contributed by atoms with Gasteiger partial charge < -0.3 is 15.5 Å². The Morgan fingerprint density at radius 2 is 2.09 bits per heavy atom. The van der Waals surface area contributed by atoms with Crippen molar-refractivity contribution in [3.8, 4) is 0 Å². The summed E-state index contributed by atoms with van der Waals surface area (Å²) in [7, 11) is -1.78. The summed E-state index contributed by atoms with van der Waals surface area (Å²) in [6, 6.07) is 2.69. The van der Waals surface area contributed by atoms with E-state index in [4.69, 9.17) is 10.0 Å². The smallest absolute Gasteiger partial charge is 0.423 e. The molecule has 0 spiro atoms. The van der Waals surface area contributed by atoms with Crippen LogP contribution in [0.4, 0.5) is 4.39 Å². The fraction of sp³-hybridized carbons (Fsp3) is 0. The van der Waals surface area contributed by atoms with Gasteiger partial charge in [0.05, 0.1) is 0 Å². The number of aromatic nitrogens is 1. The molecule has 0 radical (unpaired) electrons. The van der Waals surface area contributed by atoms with E-state index in [9.17, 15) is 4.39 Å². The molecule has 0 saturated carbocycles. The molecule has 1 heterocycles. The maximum atomic E-state index is 12.4. The number of rotatable bonds is 1. The normalized spacial score (nSPS) is 8.64. The fourth-order valence-electron chi connectivity index (χ4n) is 0.591. The average molecular weight is 159 g/mol. The molecule has 0 saturated heterocycles. The Balaban J connectivity index is 0.000001000. The monoisotopic (exact) mass is 159 g/mol. The third-order valence-corrected chi connectivity index (χ3v) is 1.07. The maximum Gasteiger partial charge on any atom is 0.493 e. The second kappa shape index (κ2) is 4.02. The predicted octanol–water partition coefficient (Wildman–Crippen LogP) is -1.92. The van der Waals surface area contributed by atoms with Crippen molar-refractivity contribution in [2.24, 2.45) is 0 Å². The molecule has 4 N–H and O–H groups in total. The van der Waals surface area contributed by atoms with Crippen LogP contribution in [-0.4, -0.2) is 27.6 Å². The molecule has 0 aliphatic carbocycles. The van der Waals surface area contributed by atoms with Crippen molar-refractivity contribution in [2.45, 2.75) is 0 Å². The van der Waals surface area contributed by atoms with Gasteiger partial charge in [0.15, 0.2) is 0 Å². The van der Waals surface area contributed by atoms with Crippen LogP contribution < -0.4 is 5.46 Å². The molecule has 0 aliphatic heterocycles. The number of halogens is 1. The molecule has 60 valence electrons. The first kappa shape index (κ1) is 10.0. The largest absolute Gasteiger partial charge is 0.493 e. The molecule has 0 fully saturated rings. The summed E-state index contributed by atoms with van der Waals surface area (Å²) in [5, 5.41) is 17.0. The molecule has 0 aliphatic rings. The van der Waals surface area contributed by atoms with Crippen LogP contribution in [0.1, 0.15) is 0 Å². The van der Waals surface area contributed by atoms with Gasteiger partial charge in [-0.2, -0.15) is 4.39 Å². The van der Waals surface area contributed by atoms with Crippen LogP contribution in [0.5, 0.6) is 0 Å². The zero-order chi connectivity index (χ0) is 7.56. The van der Waals surface area contributed by atoms with Crippen molar-refractivity contribution in [1.29, 1.82) is 0 Å². The van der Waals surface area contributed by atoms with Crippen molar-refractivity contribution in [3.05, 3.63) is 24.3 Å². The maximum absolute atomic E-state index is 12.4. The van der Waals surface area contributed by atoms with Gasteiger partial charge in [0.1, 0.15) is 0 Å². The molecule has 0 amide bonds. The van der Waals surface area contributed by atoms with Crippen molar-refractivity contribution in [2.75, 3.05) is 0 Å². The summed E-state index contributed by atoms with van der Waals surface area (Å²) in [6.45, 7) is 0. The van der Waals surface area contributed by atoms with E-state index in [1.807, 2.05) is 0 Å². The third kappa shape index (κ3) is 2.26. The molecule has 4 nitrogen and oxygen atoms in total. The molecule has 0 atom stereocenters. The van der Waals surface area contributed by atoms with Gasteiger partial charge in [-0.15, -0.1) is 0 Å². The Bertz CT molecular complexity index is 233. The summed E-state index contributed by atoms with van der Waals surface area (Å²) in [5.41, 5.74) is -0.206. The molecule has 11 heavy (non-hydrogen) atoms. The Morgan fingerprint density at radius 1 is 1.45 bits per heavy atom. The quantitative estimate of drug-likeness (QED) is 0.369. The number of pyridine rings is 1. The van der Waals surface area contributed by atoms with Gasteiger partial charge in [0, 0.05) is 11.7 Å². The Hall–Kier alpha value is -0.975. The third-order valence-electron chi connectivity index (χ3n) is 1.07. The van der Waals surface area contributed by atoms with Crippen molar-refractivity contribution >= 4 is 12.6 Å². The number of hydrogen-bond donors (Lipinski definition) is 2. The van der Waals surface area contributed by atoms with E-state index >= 15 is 0 Å². The van der Waals surface area contributed by atoms with E-state index in [1.54, 1.807) is 0 Å². The highest BCUT2D eigenvalue weighted by molar-refractivity contribution is 6.58. The van der Waals surface area contributed by atoms with Crippen LogP contribution in [0.25, 0.3) is 0 Å². The fourth-order valence-corrected chi connectivity index (χ4v) is 0.591. The Morgan fingerprint density at radius 3 is 2.45 bits per heavy atom. The molecule has 0 unspecified atom stereocenters. The highest BCUT2D eigenvalue weighted by Gasteiger charge is 2.15. The Labute approximate surface area is 62.8 Å². The predicted molar refractivity (Wildman–Crippen MR) is 37.6 cm³/mol. The lowest BCUT2D eigenvalue weighted by atomic mass is 9.81. The lowest BCUT2D eigenvalue weighted by Gasteiger charge is -1.97. The summed E-state index contributed by atoms with van der Waals surface area (Å²) in [6.07, 6.45) is 1.24. The summed E-state index contributed by atoms with van der Waals surface area (Å²) >= 11 is 0. The summed E-state index contributed by atoms with van der Waals surface area (Å²) in [5.74, 6) is -0.850. The van der Waals surface area contributed by atoms with Crippen LogP contribution in [0.2, 0.25) is 0 Å². The van der Waals surface area contributed by atoms with E-state index < -0.39 is 13.1 Å². The van der Waals surface area contributed by atoms with Gasteiger partial charge in [-0.25, -0.2) is 4.98 Å². The average Bonchev–Trinajstić information content (AvgIpc) is 1.88. The first-order chi connectivity index (χ1) is 4.72. The summed E-state index contributed by atoms with van der Waals surface area (Å²) < 4.78 is 12.4. The Kier molecular flexibility index (Phi) is 3.66. The van der Waals surface area contributed by atoms with Gasteiger partial charge in [-0.3, -0.25) is 0 Å². The SMILES string of the molecule is O.OB(O)c1cccnc1F.